The van der Waals surface area contributed by atoms with Crippen LogP contribution in [0, 0.1) is 12.8 Å². The van der Waals surface area contributed by atoms with Crippen molar-refractivity contribution in [2.75, 3.05) is 29.6 Å². The van der Waals surface area contributed by atoms with Crippen LogP contribution in [0.5, 0.6) is 0 Å². The third-order valence-electron chi connectivity index (χ3n) is 6.77. The second-order valence-corrected chi connectivity index (χ2v) is 9.70. The Morgan fingerprint density at radius 2 is 1.97 bits per heavy atom. The zero-order valence-corrected chi connectivity index (χ0v) is 20.1. The van der Waals surface area contributed by atoms with Crippen molar-refractivity contribution in [3.63, 3.8) is 0 Å². The van der Waals surface area contributed by atoms with E-state index in [-0.39, 0.29) is 18.0 Å². The molecule has 8 nitrogen and oxygen atoms in total. The Bertz CT molecular complexity index is 1010. The van der Waals surface area contributed by atoms with Crippen molar-refractivity contribution in [1.82, 2.24) is 19.9 Å². The van der Waals surface area contributed by atoms with Crippen LogP contribution in [0.3, 0.4) is 0 Å². The standard InChI is InChI=1S/C23H32F3N7O/c1-12(2)19-21(34)30-18-13(3)28-22(31-20(18)33(19)5)29-15-8-16(9-15)32(4)11-14-6-7-17(27-10-14)23(24,25)26/h6-7,10,12,15-16,19,21,30,34H,8-9,11H2,1-5H3,(H,28,29,31). The third kappa shape index (κ3) is 4.90. The zero-order valence-electron chi connectivity index (χ0n) is 20.1. The number of pyridine rings is 1. The minimum atomic E-state index is -4.42. The summed E-state index contributed by atoms with van der Waals surface area (Å²) >= 11 is 0. The smallest absolute Gasteiger partial charge is 0.372 e. The van der Waals surface area contributed by atoms with Crippen molar-refractivity contribution in [3.8, 4) is 0 Å². The van der Waals surface area contributed by atoms with Gasteiger partial charge < -0.3 is 20.6 Å². The first-order valence-corrected chi connectivity index (χ1v) is 11.5. The maximum absolute atomic E-state index is 12.7. The number of hydrogen-bond donors (Lipinski definition) is 3. The summed E-state index contributed by atoms with van der Waals surface area (Å²) in [7, 11) is 3.91. The van der Waals surface area contributed by atoms with E-state index in [0.29, 0.717) is 18.5 Å². The molecule has 0 bridgehead atoms. The molecule has 11 heteroatoms. The summed E-state index contributed by atoms with van der Waals surface area (Å²) in [5.74, 6) is 1.55. The fourth-order valence-electron chi connectivity index (χ4n) is 4.80. The number of alkyl halides is 3. The highest BCUT2D eigenvalue weighted by atomic mass is 19.4. The number of aryl methyl sites for hydroxylation is 1. The van der Waals surface area contributed by atoms with Crippen molar-refractivity contribution < 1.29 is 18.3 Å². The lowest BCUT2D eigenvalue weighted by Crippen LogP contribution is -2.52. The largest absolute Gasteiger partial charge is 0.433 e. The van der Waals surface area contributed by atoms with Crippen LogP contribution in [0.25, 0.3) is 0 Å². The monoisotopic (exact) mass is 479 g/mol. The van der Waals surface area contributed by atoms with Crippen molar-refractivity contribution in [2.45, 2.75) is 70.7 Å². The van der Waals surface area contributed by atoms with E-state index in [1.54, 1.807) is 0 Å². The van der Waals surface area contributed by atoms with Gasteiger partial charge in [-0.25, -0.2) is 4.98 Å². The molecule has 1 saturated carbocycles. The number of nitrogens with zero attached hydrogens (tertiary/aromatic N) is 5. The number of aliphatic hydroxyl groups excluding tert-OH is 1. The van der Waals surface area contributed by atoms with E-state index in [1.165, 1.54) is 12.3 Å². The maximum atomic E-state index is 12.7. The Morgan fingerprint density at radius 1 is 1.26 bits per heavy atom. The van der Waals surface area contributed by atoms with Crippen LogP contribution in [-0.2, 0) is 12.7 Å². The highest BCUT2D eigenvalue weighted by molar-refractivity contribution is 5.72. The number of rotatable bonds is 6. The van der Waals surface area contributed by atoms with Gasteiger partial charge in [0, 0.05) is 31.9 Å². The van der Waals surface area contributed by atoms with Gasteiger partial charge in [-0.2, -0.15) is 18.2 Å². The Labute approximate surface area is 197 Å². The summed E-state index contributed by atoms with van der Waals surface area (Å²) in [6.45, 7) is 6.56. The lowest BCUT2D eigenvalue weighted by Gasteiger charge is -2.43. The van der Waals surface area contributed by atoms with Crippen LogP contribution in [0.4, 0.5) is 30.6 Å². The number of aliphatic hydroxyl groups is 1. The first-order valence-electron chi connectivity index (χ1n) is 11.5. The van der Waals surface area contributed by atoms with Gasteiger partial charge in [0.2, 0.25) is 5.95 Å². The lowest BCUT2D eigenvalue weighted by molar-refractivity contribution is -0.141. The van der Waals surface area contributed by atoms with Gasteiger partial charge in [-0.1, -0.05) is 19.9 Å². The minimum Gasteiger partial charge on any atom is -0.372 e. The van der Waals surface area contributed by atoms with Gasteiger partial charge >= 0.3 is 6.18 Å². The Kier molecular flexibility index (Phi) is 6.61. The van der Waals surface area contributed by atoms with Crippen LogP contribution in [-0.4, -0.2) is 63.4 Å². The summed E-state index contributed by atoms with van der Waals surface area (Å²) in [4.78, 5) is 17.0. The molecule has 1 aliphatic heterocycles. The molecule has 0 spiro atoms. The third-order valence-corrected chi connectivity index (χ3v) is 6.77. The number of nitrogens with one attached hydrogen (secondary N) is 2. The minimum absolute atomic E-state index is 0.101. The fraction of sp³-hybridized carbons (Fsp3) is 0.609. The zero-order chi connectivity index (χ0) is 24.8. The molecule has 2 aromatic heterocycles. The maximum Gasteiger partial charge on any atom is 0.433 e. The van der Waals surface area contributed by atoms with E-state index in [1.807, 2.05) is 25.9 Å². The van der Waals surface area contributed by atoms with Crippen molar-refractivity contribution in [3.05, 3.63) is 35.3 Å². The number of halogens is 3. The molecule has 34 heavy (non-hydrogen) atoms. The van der Waals surface area contributed by atoms with Crippen LogP contribution in [0.15, 0.2) is 18.3 Å². The Balaban J connectivity index is 1.35. The number of hydrogen-bond acceptors (Lipinski definition) is 8. The lowest BCUT2D eigenvalue weighted by atomic mass is 9.85. The molecule has 0 aromatic carbocycles. The van der Waals surface area contributed by atoms with Gasteiger partial charge in [0.05, 0.1) is 11.7 Å². The second kappa shape index (κ2) is 9.18. The number of aromatic nitrogens is 3. The van der Waals surface area contributed by atoms with Crippen LogP contribution in [0.1, 0.15) is 43.6 Å². The van der Waals surface area contributed by atoms with E-state index < -0.39 is 18.1 Å². The molecule has 0 saturated heterocycles. The van der Waals surface area contributed by atoms with Crippen molar-refractivity contribution in [2.24, 2.45) is 5.92 Å². The highest BCUT2D eigenvalue weighted by Crippen LogP contribution is 2.36. The highest BCUT2D eigenvalue weighted by Gasteiger charge is 2.37. The second-order valence-electron chi connectivity index (χ2n) is 9.70. The molecule has 2 atom stereocenters. The van der Waals surface area contributed by atoms with E-state index >= 15 is 0 Å². The van der Waals surface area contributed by atoms with E-state index in [0.717, 1.165) is 41.7 Å². The fourth-order valence-corrected chi connectivity index (χ4v) is 4.80. The first-order chi connectivity index (χ1) is 15.9. The molecule has 186 valence electrons. The molecule has 0 radical (unpaired) electrons. The summed E-state index contributed by atoms with van der Waals surface area (Å²) in [5.41, 5.74) is 1.39. The van der Waals surface area contributed by atoms with Crippen molar-refractivity contribution >= 4 is 17.5 Å². The quantitative estimate of drug-likeness (QED) is 0.581. The van der Waals surface area contributed by atoms with Crippen molar-refractivity contribution in [1.29, 1.82) is 0 Å². The molecular formula is C23H32F3N7O. The van der Waals surface area contributed by atoms with Gasteiger partial charge in [0.25, 0.3) is 0 Å². The normalized spacial score (nSPS) is 24.6. The molecule has 1 fully saturated rings. The van der Waals surface area contributed by atoms with E-state index in [2.05, 4.69) is 39.3 Å². The number of fused-ring (bicyclic) bond motifs is 1. The molecule has 3 heterocycles. The van der Waals surface area contributed by atoms with Crippen LogP contribution in [0.2, 0.25) is 0 Å². The SMILES string of the molecule is Cc1nc(NC2CC(N(C)Cc3ccc(C(F)(F)F)nc3)C2)nc2c1NC(O)C(C(C)C)N2C. The molecule has 0 amide bonds. The van der Waals surface area contributed by atoms with E-state index in [4.69, 9.17) is 4.98 Å². The summed E-state index contributed by atoms with van der Waals surface area (Å²) in [6, 6.07) is 2.93. The molecule has 3 N–H and O–H groups in total. The van der Waals surface area contributed by atoms with Gasteiger partial charge in [0.1, 0.15) is 17.6 Å². The van der Waals surface area contributed by atoms with E-state index in [9.17, 15) is 18.3 Å². The number of anilines is 3. The Morgan fingerprint density at radius 3 is 2.56 bits per heavy atom. The van der Waals surface area contributed by atoms with Gasteiger partial charge in [-0.15, -0.1) is 0 Å². The predicted molar refractivity (Wildman–Crippen MR) is 125 cm³/mol. The molecular weight excluding hydrogens is 447 g/mol. The predicted octanol–water partition coefficient (Wildman–Crippen LogP) is 3.48. The first kappa shape index (κ1) is 24.5. The summed E-state index contributed by atoms with van der Waals surface area (Å²) in [5, 5.41) is 17.1. The summed E-state index contributed by atoms with van der Waals surface area (Å²) in [6.07, 6.45) is -2.06. The summed E-state index contributed by atoms with van der Waals surface area (Å²) < 4.78 is 38.1. The van der Waals surface area contributed by atoms with Crippen LogP contribution >= 0.6 is 0 Å². The molecule has 2 aromatic rings. The van der Waals surface area contributed by atoms with Gasteiger partial charge in [-0.3, -0.25) is 9.88 Å². The molecule has 1 aliphatic carbocycles. The molecule has 2 aliphatic rings. The topological polar surface area (TPSA) is 89.4 Å². The Hall–Kier alpha value is -2.66. The average molecular weight is 480 g/mol. The van der Waals surface area contributed by atoms with Crippen LogP contribution < -0.4 is 15.5 Å². The number of likely N-dealkylation sites (N-methyl/N-ethyl adjacent to an activating group) is 1. The molecule has 2 unspecified atom stereocenters. The molecule has 4 rings (SSSR count). The van der Waals surface area contributed by atoms with Gasteiger partial charge in [0.15, 0.2) is 5.82 Å². The average Bonchev–Trinajstić information content (AvgIpc) is 2.70. The van der Waals surface area contributed by atoms with Gasteiger partial charge in [-0.05, 0) is 44.4 Å².